The SMILES string of the molecule is Cl.NCc1ccc(C(=O)N2CCC(C(=O)Nc3ccc(F)c(Cl)c3)CC2)cc1. The van der Waals surface area contributed by atoms with Gasteiger partial charge >= 0.3 is 0 Å². The highest BCUT2D eigenvalue weighted by molar-refractivity contribution is 6.31. The third-order valence-electron chi connectivity index (χ3n) is 4.78. The first kappa shape index (κ1) is 22.1. The van der Waals surface area contributed by atoms with Crippen LogP contribution >= 0.6 is 24.0 Å². The monoisotopic (exact) mass is 425 g/mol. The molecule has 0 bridgehead atoms. The van der Waals surface area contributed by atoms with E-state index in [9.17, 15) is 14.0 Å². The second-order valence-corrected chi connectivity index (χ2v) is 6.99. The van der Waals surface area contributed by atoms with Gasteiger partial charge in [0, 0.05) is 36.8 Å². The number of hydrogen-bond acceptors (Lipinski definition) is 3. The average Bonchev–Trinajstić information content (AvgIpc) is 2.70. The van der Waals surface area contributed by atoms with Crippen molar-refractivity contribution in [3.63, 3.8) is 0 Å². The molecule has 0 aromatic heterocycles. The normalized spacial score (nSPS) is 14.3. The fourth-order valence-electron chi connectivity index (χ4n) is 3.13. The van der Waals surface area contributed by atoms with Crippen LogP contribution in [0.1, 0.15) is 28.8 Å². The Bertz CT molecular complexity index is 838. The van der Waals surface area contributed by atoms with Crippen LogP contribution in [0.3, 0.4) is 0 Å². The predicted molar refractivity (Wildman–Crippen MR) is 110 cm³/mol. The summed E-state index contributed by atoms with van der Waals surface area (Å²) >= 11 is 5.74. The topological polar surface area (TPSA) is 75.4 Å². The van der Waals surface area contributed by atoms with Gasteiger partial charge in [-0.3, -0.25) is 9.59 Å². The Morgan fingerprint density at radius 1 is 1.14 bits per heavy atom. The second kappa shape index (κ2) is 9.87. The van der Waals surface area contributed by atoms with Crippen molar-refractivity contribution < 1.29 is 14.0 Å². The molecule has 2 amide bonds. The molecule has 1 aliphatic rings. The molecule has 0 unspecified atom stereocenters. The summed E-state index contributed by atoms with van der Waals surface area (Å²) < 4.78 is 13.2. The molecule has 0 atom stereocenters. The van der Waals surface area contributed by atoms with Crippen molar-refractivity contribution in [3.05, 3.63) is 64.4 Å². The zero-order chi connectivity index (χ0) is 19.4. The molecule has 2 aromatic rings. The molecule has 1 fully saturated rings. The van der Waals surface area contributed by atoms with E-state index in [2.05, 4.69) is 5.32 Å². The largest absolute Gasteiger partial charge is 0.339 e. The minimum Gasteiger partial charge on any atom is -0.339 e. The number of nitrogens with one attached hydrogen (secondary N) is 1. The van der Waals surface area contributed by atoms with Crippen molar-refractivity contribution in [3.8, 4) is 0 Å². The standard InChI is InChI=1S/C20H21ClFN3O2.ClH/c21-17-11-16(5-6-18(17)22)24-19(26)14-7-9-25(10-8-14)20(27)15-3-1-13(12-23)2-4-15;/h1-6,11,14H,7-10,12,23H2,(H,24,26);1H. The lowest BCUT2D eigenvalue weighted by atomic mass is 9.95. The number of anilines is 1. The molecule has 2 aromatic carbocycles. The fourth-order valence-corrected chi connectivity index (χ4v) is 3.31. The van der Waals surface area contributed by atoms with Crippen LogP contribution in [-0.2, 0) is 11.3 Å². The Balaban J connectivity index is 0.00000280. The van der Waals surface area contributed by atoms with Crippen LogP contribution in [0.5, 0.6) is 0 Å². The number of nitrogens with zero attached hydrogens (tertiary/aromatic N) is 1. The van der Waals surface area contributed by atoms with E-state index in [0.717, 1.165) is 5.56 Å². The van der Waals surface area contributed by atoms with E-state index in [-0.39, 0.29) is 35.2 Å². The average molecular weight is 426 g/mol. The molecule has 3 rings (SSSR count). The van der Waals surface area contributed by atoms with Crippen molar-refractivity contribution >= 4 is 41.5 Å². The summed E-state index contributed by atoms with van der Waals surface area (Å²) in [5.74, 6) is -0.904. The van der Waals surface area contributed by atoms with Gasteiger partial charge in [0.25, 0.3) is 5.91 Å². The number of carbonyl (C=O) groups is 2. The number of nitrogens with two attached hydrogens (primary N) is 1. The molecule has 150 valence electrons. The number of amides is 2. The Hall–Kier alpha value is -2.15. The van der Waals surface area contributed by atoms with Gasteiger partial charge in [-0.1, -0.05) is 23.7 Å². The highest BCUT2D eigenvalue weighted by atomic mass is 35.5. The van der Waals surface area contributed by atoms with Gasteiger partial charge in [-0.25, -0.2) is 4.39 Å². The minimum atomic E-state index is -0.527. The highest BCUT2D eigenvalue weighted by Gasteiger charge is 2.28. The first-order valence-electron chi connectivity index (χ1n) is 8.82. The number of likely N-dealkylation sites (tertiary alicyclic amines) is 1. The van der Waals surface area contributed by atoms with E-state index >= 15 is 0 Å². The Kier molecular flexibility index (Phi) is 7.80. The van der Waals surface area contributed by atoms with Crippen LogP contribution in [0.25, 0.3) is 0 Å². The summed E-state index contributed by atoms with van der Waals surface area (Å²) in [6, 6.07) is 11.3. The van der Waals surface area contributed by atoms with Crippen molar-refractivity contribution in [1.29, 1.82) is 0 Å². The van der Waals surface area contributed by atoms with Crippen LogP contribution in [0.4, 0.5) is 10.1 Å². The molecule has 1 aliphatic heterocycles. The van der Waals surface area contributed by atoms with Crippen LogP contribution in [0, 0.1) is 11.7 Å². The number of hydrogen-bond donors (Lipinski definition) is 2. The van der Waals surface area contributed by atoms with Gasteiger partial charge in [-0.05, 0) is 48.7 Å². The number of rotatable bonds is 4. The van der Waals surface area contributed by atoms with Gasteiger partial charge in [0.2, 0.25) is 5.91 Å². The lowest BCUT2D eigenvalue weighted by Crippen LogP contribution is -2.41. The molecule has 0 radical (unpaired) electrons. The molecule has 8 heteroatoms. The maximum Gasteiger partial charge on any atom is 0.253 e. The fraction of sp³-hybridized carbons (Fsp3) is 0.300. The summed E-state index contributed by atoms with van der Waals surface area (Å²) in [4.78, 5) is 26.8. The summed E-state index contributed by atoms with van der Waals surface area (Å²) in [5.41, 5.74) is 7.63. The van der Waals surface area contributed by atoms with E-state index in [1.54, 1.807) is 17.0 Å². The molecule has 0 aliphatic carbocycles. The van der Waals surface area contributed by atoms with Gasteiger partial charge in [-0.15, -0.1) is 12.4 Å². The van der Waals surface area contributed by atoms with Gasteiger partial charge < -0.3 is 16.0 Å². The highest BCUT2D eigenvalue weighted by Crippen LogP contribution is 2.23. The Labute approximate surface area is 174 Å². The molecule has 3 N–H and O–H groups in total. The molecule has 1 heterocycles. The summed E-state index contributed by atoms with van der Waals surface area (Å²) in [6.45, 7) is 1.47. The number of halogens is 3. The van der Waals surface area contributed by atoms with E-state index in [1.807, 2.05) is 12.1 Å². The van der Waals surface area contributed by atoms with Gasteiger partial charge in [0.05, 0.1) is 5.02 Å². The molecule has 0 spiro atoms. The van der Waals surface area contributed by atoms with Crippen molar-refractivity contribution in [2.75, 3.05) is 18.4 Å². The Morgan fingerprint density at radius 3 is 2.36 bits per heavy atom. The quantitative estimate of drug-likeness (QED) is 0.780. The van der Waals surface area contributed by atoms with Gasteiger partial charge in [0.15, 0.2) is 0 Å². The number of piperidine rings is 1. The smallest absolute Gasteiger partial charge is 0.253 e. The predicted octanol–water partition coefficient (Wildman–Crippen LogP) is 3.85. The van der Waals surface area contributed by atoms with Crippen LogP contribution in [0.2, 0.25) is 5.02 Å². The zero-order valence-electron chi connectivity index (χ0n) is 15.2. The Morgan fingerprint density at radius 2 is 1.79 bits per heavy atom. The van der Waals surface area contributed by atoms with Crippen molar-refractivity contribution in [1.82, 2.24) is 4.90 Å². The molecule has 5 nitrogen and oxygen atoms in total. The number of benzene rings is 2. The van der Waals surface area contributed by atoms with E-state index in [0.29, 0.717) is 43.7 Å². The first-order chi connectivity index (χ1) is 13.0. The van der Waals surface area contributed by atoms with E-state index in [4.69, 9.17) is 17.3 Å². The number of carbonyl (C=O) groups excluding carboxylic acids is 2. The molecular weight excluding hydrogens is 404 g/mol. The summed E-state index contributed by atoms with van der Waals surface area (Å²) in [6.07, 6.45) is 1.15. The maximum atomic E-state index is 13.2. The van der Waals surface area contributed by atoms with Gasteiger partial charge in [-0.2, -0.15) is 0 Å². The second-order valence-electron chi connectivity index (χ2n) is 6.59. The van der Waals surface area contributed by atoms with E-state index in [1.165, 1.54) is 18.2 Å². The minimum absolute atomic E-state index is 0. The van der Waals surface area contributed by atoms with Crippen LogP contribution in [-0.4, -0.2) is 29.8 Å². The van der Waals surface area contributed by atoms with Gasteiger partial charge in [0.1, 0.15) is 5.82 Å². The first-order valence-corrected chi connectivity index (χ1v) is 9.20. The lowest BCUT2D eigenvalue weighted by Gasteiger charge is -2.31. The van der Waals surface area contributed by atoms with E-state index < -0.39 is 5.82 Å². The molecule has 0 saturated carbocycles. The third kappa shape index (κ3) is 5.22. The molecule has 1 saturated heterocycles. The maximum absolute atomic E-state index is 13.2. The summed E-state index contributed by atoms with van der Waals surface area (Å²) in [5, 5.41) is 2.73. The third-order valence-corrected chi connectivity index (χ3v) is 5.07. The van der Waals surface area contributed by atoms with Crippen molar-refractivity contribution in [2.45, 2.75) is 19.4 Å². The van der Waals surface area contributed by atoms with Crippen LogP contribution in [0.15, 0.2) is 42.5 Å². The molecular formula is C20H22Cl2FN3O2. The van der Waals surface area contributed by atoms with Crippen LogP contribution < -0.4 is 11.1 Å². The summed E-state index contributed by atoms with van der Waals surface area (Å²) in [7, 11) is 0. The lowest BCUT2D eigenvalue weighted by molar-refractivity contribution is -0.121. The van der Waals surface area contributed by atoms with Crippen molar-refractivity contribution in [2.24, 2.45) is 11.7 Å². The molecule has 28 heavy (non-hydrogen) atoms. The zero-order valence-corrected chi connectivity index (χ0v) is 16.7.